The van der Waals surface area contributed by atoms with Crippen LogP contribution in [0, 0.1) is 0 Å². The van der Waals surface area contributed by atoms with E-state index in [9.17, 15) is 9.18 Å². The lowest BCUT2D eigenvalue weighted by Crippen LogP contribution is -2.27. The Hall–Kier alpha value is -0.415. The van der Waals surface area contributed by atoms with Crippen LogP contribution < -0.4 is 0 Å². The average Bonchev–Trinajstić information content (AvgIpc) is 2.14. The SMILES string of the molecule is O=CBN1C[C@@H](O)[C@@H](F)C1. The van der Waals surface area contributed by atoms with E-state index >= 15 is 0 Å². The van der Waals surface area contributed by atoms with Gasteiger partial charge in [-0.15, -0.1) is 0 Å². The van der Waals surface area contributed by atoms with Gasteiger partial charge in [0, 0.05) is 13.1 Å². The van der Waals surface area contributed by atoms with Crippen molar-refractivity contribution in [2.45, 2.75) is 12.3 Å². The predicted octanol–water partition coefficient (Wildman–Crippen LogP) is -1.46. The quantitative estimate of drug-likeness (QED) is 0.381. The summed E-state index contributed by atoms with van der Waals surface area (Å²) in [5.41, 5.74) is 0. The number of aliphatic hydroxyl groups is 1. The third-order valence-corrected chi connectivity index (χ3v) is 1.63. The number of β-amino-alcohol motifs (C(OH)–C–C–N with tert-alkyl or cyclic N) is 1. The lowest BCUT2D eigenvalue weighted by Gasteiger charge is -2.06. The summed E-state index contributed by atoms with van der Waals surface area (Å²) in [7, 11) is 0.220. The van der Waals surface area contributed by atoms with Crippen LogP contribution in [0.4, 0.5) is 4.39 Å². The van der Waals surface area contributed by atoms with E-state index in [0.29, 0.717) is 6.19 Å². The summed E-state index contributed by atoms with van der Waals surface area (Å²) in [6, 6.07) is 0. The Labute approximate surface area is 59.1 Å². The molecule has 2 atom stereocenters. The fraction of sp³-hybridized carbons (Fsp3) is 0.800. The van der Waals surface area contributed by atoms with Gasteiger partial charge in [-0.05, 0) is 0 Å². The van der Waals surface area contributed by atoms with Crippen LogP contribution in [0.1, 0.15) is 0 Å². The summed E-state index contributed by atoms with van der Waals surface area (Å²) in [6.45, 7) is 0.458. The molecule has 0 amide bonds. The minimum atomic E-state index is -1.18. The molecule has 0 aromatic carbocycles. The van der Waals surface area contributed by atoms with Gasteiger partial charge in [-0.2, -0.15) is 0 Å². The highest BCUT2D eigenvalue weighted by Crippen LogP contribution is 2.10. The van der Waals surface area contributed by atoms with Gasteiger partial charge in [0.05, 0.1) is 12.3 Å². The number of halogens is 1. The molecule has 1 saturated heterocycles. The first-order valence-corrected chi connectivity index (χ1v) is 3.22. The van der Waals surface area contributed by atoms with E-state index in [1.54, 1.807) is 4.81 Å². The molecule has 0 bridgehead atoms. The number of hydrogen-bond donors (Lipinski definition) is 1. The third kappa shape index (κ3) is 1.55. The van der Waals surface area contributed by atoms with E-state index < -0.39 is 12.3 Å². The summed E-state index contributed by atoms with van der Waals surface area (Å²) in [4.78, 5) is 11.5. The maximum atomic E-state index is 12.5. The van der Waals surface area contributed by atoms with Crippen molar-refractivity contribution in [3.8, 4) is 0 Å². The first-order chi connectivity index (χ1) is 4.74. The second-order valence-corrected chi connectivity index (χ2v) is 2.47. The molecular formula is C5H9BFNO2. The molecule has 0 radical (unpaired) electrons. The molecule has 1 N–H and O–H groups in total. The minimum absolute atomic E-state index is 0.180. The van der Waals surface area contributed by atoms with Crippen LogP contribution in [0.5, 0.6) is 0 Å². The molecule has 0 aromatic heterocycles. The minimum Gasteiger partial charge on any atom is -0.389 e. The zero-order chi connectivity index (χ0) is 7.56. The number of nitrogens with zero attached hydrogens (tertiary/aromatic N) is 1. The van der Waals surface area contributed by atoms with Crippen LogP contribution in [0.3, 0.4) is 0 Å². The lowest BCUT2D eigenvalue weighted by molar-refractivity contribution is 0.117. The van der Waals surface area contributed by atoms with E-state index in [4.69, 9.17) is 5.11 Å². The molecule has 0 unspecified atom stereocenters. The Kier molecular flexibility index (Phi) is 2.40. The van der Waals surface area contributed by atoms with Gasteiger partial charge in [0.2, 0.25) is 0 Å². The molecular weight excluding hydrogens is 136 g/mol. The van der Waals surface area contributed by atoms with Gasteiger partial charge in [-0.3, -0.25) is 0 Å². The van der Waals surface area contributed by atoms with E-state index in [0.717, 1.165) is 0 Å². The third-order valence-electron chi connectivity index (χ3n) is 1.63. The molecule has 1 aliphatic heterocycles. The Morgan fingerprint density at radius 1 is 1.70 bits per heavy atom. The van der Waals surface area contributed by atoms with Gasteiger partial charge in [-0.25, -0.2) is 4.39 Å². The summed E-state index contributed by atoms with van der Waals surface area (Å²) in [5.74, 6) is 0. The standard InChI is InChI=1S/C5H9BFNO2/c7-4-1-8(6-3-9)2-5(4)10/h3-6,10H,1-2H2/t4-,5+/m0/s1. The summed E-state index contributed by atoms with van der Waals surface area (Å²) >= 11 is 0. The summed E-state index contributed by atoms with van der Waals surface area (Å²) in [6.07, 6.45) is -1.37. The lowest BCUT2D eigenvalue weighted by atomic mass is 9.96. The van der Waals surface area contributed by atoms with Crippen LogP contribution in [-0.2, 0) is 4.79 Å². The predicted molar refractivity (Wildman–Crippen MR) is 36.4 cm³/mol. The van der Waals surface area contributed by atoms with Gasteiger partial charge < -0.3 is 14.7 Å². The van der Waals surface area contributed by atoms with E-state index in [1.807, 2.05) is 0 Å². The molecule has 0 aromatic rings. The molecule has 56 valence electrons. The number of carbonyl (C=O) groups is 1. The zero-order valence-corrected chi connectivity index (χ0v) is 5.53. The van der Waals surface area contributed by atoms with Gasteiger partial charge in [-0.1, -0.05) is 0 Å². The largest absolute Gasteiger partial charge is 0.389 e. The summed E-state index contributed by atoms with van der Waals surface area (Å²) < 4.78 is 12.5. The molecule has 0 spiro atoms. The molecule has 0 aliphatic carbocycles. The molecule has 1 aliphatic rings. The zero-order valence-electron chi connectivity index (χ0n) is 5.53. The highest BCUT2D eigenvalue weighted by molar-refractivity contribution is 6.64. The van der Waals surface area contributed by atoms with Crippen LogP contribution in [0.2, 0.25) is 0 Å². The molecule has 1 heterocycles. The van der Waals surface area contributed by atoms with Crippen molar-refractivity contribution in [1.82, 2.24) is 4.81 Å². The average molecular weight is 145 g/mol. The van der Waals surface area contributed by atoms with Crippen LogP contribution in [-0.4, -0.2) is 48.9 Å². The topological polar surface area (TPSA) is 40.5 Å². The Bertz CT molecular complexity index is 125. The van der Waals surface area contributed by atoms with E-state index in [2.05, 4.69) is 0 Å². The second-order valence-electron chi connectivity index (χ2n) is 2.47. The van der Waals surface area contributed by atoms with Gasteiger partial charge >= 0.3 is 0 Å². The maximum Gasteiger partial charge on any atom is 0.281 e. The van der Waals surface area contributed by atoms with Crippen LogP contribution >= 0.6 is 0 Å². The van der Waals surface area contributed by atoms with E-state index in [1.165, 1.54) is 0 Å². The van der Waals surface area contributed by atoms with Crippen LogP contribution in [0.15, 0.2) is 0 Å². The molecule has 5 heteroatoms. The van der Waals surface area contributed by atoms with Crippen molar-refractivity contribution >= 4 is 13.6 Å². The fourth-order valence-corrected chi connectivity index (χ4v) is 1.08. The van der Waals surface area contributed by atoms with Crippen molar-refractivity contribution in [3.05, 3.63) is 0 Å². The van der Waals surface area contributed by atoms with Crippen molar-refractivity contribution in [2.24, 2.45) is 0 Å². The Morgan fingerprint density at radius 3 is 2.80 bits per heavy atom. The number of alkyl halides is 1. The number of rotatable bonds is 2. The van der Waals surface area contributed by atoms with Crippen LogP contribution in [0.25, 0.3) is 0 Å². The number of aliphatic hydroxyl groups excluding tert-OH is 1. The highest BCUT2D eigenvalue weighted by Gasteiger charge is 2.30. The molecule has 10 heavy (non-hydrogen) atoms. The van der Waals surface area contributed by atoms with Crippen molar-refractivity contribution in [1.29, 1.82) is 0 Å². The fourth-order valence-electron chi connectivity index (χ4n) is 1.08. The van der Waals surface area contributed by atoms with Gasteiger partial charge in [0.1, 0.15) is 6.17 Å². The monoisotopic (exact) mass is 145 g/mol. The smallest absolute Gasteiger partial charge is 0.281 e. The van der Waals surface area contributed by atoms with Gasteiger partial charge in [0.15, 0.2) is 0 Å². The molecule has 1 rings (SSSR count). The molecule has 1 fully saturated rings. The van der Waals surface area contributed by atoms with Crippen molar-refractivity contribution in [2.75, 3.05) is 13.1 Å². The highest BCUT2D eigenvalue weighted by atomic mass is 19.1. The first-order valence-electron chi connectivity index (χ1n) is 3.22. The van der Waals surface area contributed by atoms with Gasteiger partial charge in [0.25, 0.3) is 7.41 Å². The normalized spacial score (nSPS) is 34.2. The second kappa shape index (κ2) is 3.12. The van der Waals surface area contributed by atoms with E-state index in [-0.39, 0.29) is 20.5 Å². The maximum absolute atomic E-state index is 12.5. The van der Waals surface area contributed by atoms with Crippen molar-refractivity contribution < 1.29 is 14.3 Å². The Morgan fingerprint density at radius 2 is 2.40 bits per heavy atom. The molecule has 3 nitrogen and oxygen atoms in total. The number of hydrogen-bond acceptors (Lipinski definition) is 3. The Balaban J connectivity index is 2.33. The first kappa shape index (κ1) is 7.69. The van der Waals surface area contributed by atoms with Crippen molar-refractivity contribution in [3.63, 3.8) is 0 Å². The molecule has 0 saturated carbocycles. The summed E-state index contributed by atoms with van der Waals surface area (Å²) in [5, 5.41) is 8.86. The number of carbonyl (C=O) groups excluding carboxylic acids is 1.